The highest BCUT2D eigenvalue weighted by Gasteiger charge is 2.38. The molecule has 19 heavy (non-hydrogen) atoms. The van der Waals surface area contributed by atoms with E-state index in [0.29, 0.717) is 11.3 Å². The first-order valence-corrected chi connectivity index (χ1v) is 7.94. The fourth-order valence-electron chi connectivity index (χ4n) is 3.36. The highest BCUT2D eigenvalue weighted by Crippen LogP contribution is 2.44. The van der Waals surface area contributed by atoms with Gasteiger partial charge in [0, 0.05) is 7.05 Å². The van der Waals surface area contributed by atoms with Crippen molar-refractivity contribution in [1.82, 2.24) is 9.78 Å². The van der Waals surface area contributed by atoms with E-state index in [1.54, 1.807) is 6.20 Å². The molecule has 3 nitrogen and oxygen atoms in total. The fourth-order valence-corrected chi connectivity index (χ4v) is 4.08. The quantitative estimate of drug-likeness (QED) is 0.791. The van der Waals surface area contributed by atoms with E-state index in [0.717, 1.165) is 35.8 Å². The van der Waals surface area contributed by atoms with Crippen molar-refractivity contribution in [2.75, 3.05) is 0 Å². The SMILES string of the molecule is Cn1ncc(Br)c1C1(O)CCCC(C(C)(C)C)CC1. The van der Waals surface area contributed by atoms with Gasteiger partial charge < -0.3 is 5.11 Å². The monoisotopic (exact) mass is 328 g/mol. The van der Waals surface area contributed by atoms with Crippen LogP contribution in [0, 0.1) is 11.3 Å². The van der Waals surface area contributed by atoms with Crippen molar-refractivity contribution in [3.8, 4) is 0 Å². The normalized spacial score (nSPS) is 29.3. The van der Waals surface area contributed by atoms with Gasteiger partial charge in [-0.1, -0.05) is 20.8 Å². The summed E-state index contributed by atoms with van der Waals surface area (Å²) in [6, 6.07) is 0. The van der Waals surface area contributed by atoms with Crippen LogP contribution in [0.5, 0.6) is 0 Å². The molecule has 1 heterocycles. The van der Waals surface area contributed by atoms with Crippen LogP contribution in [-0.4, -0.2) is 14.9 Å². The van der Waals surface area contributed by atoms with Crippen LogP contribution in [0.25, 0.3) is 0 Å². The molecule has 2 unspecified atom stereocenters. The summed E-state index contributed by atoms with van der Waals surface area (Å²) in [5.74, 6) is 0.688. The largest absolute Gasteiger partial charge is 0.384 e. The molecule has 1 aromatic rings. The van der Waals surface area contributed by atoms with Gasteiger partial charge in [-0.2, -0.15) is 5.10 Å². The predicted molar refractivity (Wildman–Crippen MR) is 80.8 cm³/mol. The number of aromatic nitrogens is 2. The lowest BCUT2D eigenvalue weighted by atomic mass is 9.76. The first-order chi connectivity index (χ1) is 8.74. The van der Waals surface area contributed by atoms with E-state index in [1.165, 1.54) is 6.42 Å². The Morgan fingerprint density at radius 3 is 2.58 bits per heavy atom. The van der Waals surface area contributed by atoms with Crippen molar-refractivity contribution in [3.05, 3.63) is 16.4 Å². The Kier molecular flexibility index (Phi) is 4.12. The summed E-state index contributed by atoms with van der Waals surface area (Å²) in [6.07, 6.45) is 6.80. The number of rotatable bonds is 1. The van der Waals surface area contributed by atoms with Crippen LogP contribution in [0.2, 0.25) is 0 Å². The first kappa shape index (κ1) is 15.0. The van der Waals surface area contributed by atoms with Crippen molar-refractivity contribution in [2.45, 2.75) is 58.5 Å². The van der Waals surface area contributed by atoms with Crippen LogP contribution in [0.15, 0.2) is 10.7 Å². The van der Waals surface area contributed by atoms with Crippen LogP contribution in [0.1, 0.15) is 58.6 Å². The molecular formula is C15H25BrN2O. The third kappa shape index (κ3) is 3.05. The predicted octanol–water partition coefficient (Wildman–Crippen LogP) is 4.00. The molecule has 1 aliphatic carbocycles. The molecule has 1 aromatic heterocycles. The lowest BCUT2D eigenvalue weighted by Gasteiger charge is -2.31. The maximum Gasteiger partial charge on any atom is 0.107 e. The molecule has 0 amide bonds. The van der Waals surface area contributed by atoms with Crippen LogP contribution < -0.4 is 0 Å². The van der Waals surface area contributed by atoms with Crippen molar-refractivity contribution in [3.63, 3.8) is 0 Å². The zero-order chi connectivity index (χ0) is 14.3. The Bertz CT molecular complexity index is 430. The fraction of sp³-hybridized carbons (Fsp3) is 0.800. The van der Waals surface area contributed by atoms with Gasteiger partial charge in [-0.3, -0.25) is 4.68 Å². The molecule has 0 aromatic carbocycles. The number of hydrogen-bond donors (Lipinski definition) is 1. The molecule has 0 radical (unpaired) electrons. The number of halogens is 1. The molecule has 0 spiro atoms. The second kappa shape index (κ2) is 5.21. The first-order valence-electron chi connectivity index (χ1n) is 7.14. The van der Waals surface area contributed by atoms with E-state index in [1.807, 2.05) is 11.7 Å². The van der Waals surface area contributed by atoms with E-state index in [4.69, 9.17) is 0 Å². The second-order valence-corrected chi connectivity index (χ2v) is 7.84. The lowest BCUT2D eigenvalue weighted by molar-refractivity contribution is 0.00951. The third-order valence-electron chi connectivity index (χ3n) is 4.61. The Hall–Kier alpha value is -0.350. The van der Waals surface area contributed by atoms with Gasteiger partial charge in [0.25, 0.3) is 0 Å². The molecule has 0 bridgehead atoms. The molecule has 1 N–H and O–H groups in total. The Morgan fingerprint density at radius 2 is 2.05 bits per heavy atom. The summed E-state index contributed by atoms with van der Waals surface area (Å²) in [6.45, 7) is 6.92. The minimum Gasteiger partial charge on any atom is -0.384 e. The van der Waals surface area contributed by atoms with Gasteiger partial charge in [-0.05, 0) is 59.4 Å². The third-order valence-corrected chi connectivity index (χ3v) is 5.19. The van der Waals surface area contributed by atoms with E-state index in [-0.39, 0.29) is 0 Å². The van der Waals surface area contributed by atoms with E-state index >= 15 is 0 Å². The molecule has 1 saturated carbocycles. The number of nitrogens with zero attached hydrogens (tertiary/aromatic N) is 2. The molecule has 0 saturated heterocycles. The van der Waals surface area contributed by atoms with Crippen molar-refractivity contribution >= 4 is 15.9 Å². The number of hydrogen-bond acceptors (Lipinski definition) is 2. The van der Waals surface area contributed by atoms with E-state index in [9.17, 15) is 5.11 Å². The maximum absolute atomic E-state index is 11.1. The van der Waals surface area contributed by atoms with E-state index in [2.05, 4.69) is 41.8 Å². The Balaban J connectivity index is 2.23. The van der Waals surface area contributed by atoms with Crippen LogP contribution in [0.4, 0.5) is 0 Å². The molecule has 1 aliphatic rings. The number of aliphatic hydroxyl groups is 1. The topological polar surface area (TPSA) is 38.0 Å². The molecule has 1 fully saturated rings. The van der Waals surface area contributed by atoms with Crippen LogP contribution in [-0.2, 0) is 12.6 Å². The minimum atomic E-state index is -0.732. The van der Waals surface area contributed by atoms with Crippen molar-refractivity contribution < 1.29 is 5.11 Å². The van der Waals surface area contributed by atoms with Crippen LogP contribution in [0.3, 0.4) is 0 Å². The van der Waals surface area contributed by atoms with Crippen molar-refractivity contribution in [2.24, 2.45) is 18.4 Å². The second-order valence-electron chi connectivity index (χ2n) is 6.99. The summed E-state index contributed by atoms with van der Waals surface area (Å²) in [4.78, 5) is 0. The summed E-state index contributed by atoms with van der Waals surface area (Å²) in [5, 5.41) is 15.3. The standard InChI is InChI=1S/C15H25BrN2O/c1-14(2,3)11-6-5-8-15(19,9-7-11)13-12(16)10-17-18(13)4/h10-11,19H,5-9H2,1-4H3. The summed E-state index contributed by atoms with van der Waals surface area (Å²) < 4.78 is 2.73. The van der Waals surface area contributed by atoms with Gasteiger partial charge in [0.15, 0.2) is 0 Å². The molecule has 108 valence electrons. The van der Waals surface area contributed by atoms with Crippen LogP contribution >= 0.6 is 15.9 Å². The maximum atomic E-state index is 11.1. The average Bonchev–Trinajstić information content (AvgIpc) is 2.50. The average molecular weight is 329 g/mol. The molecule has 0 aliphatic heterocycles. The Morgan fingerprint density at radius 1 is 1.37 bits per heavy atom. The van der Waals surface area contributed by atoms with Gasteiger partial charge in [-0.25, -0.2) is 0 Å². The smallest absolute Gasteiger partial charge is 0.107 e. The summed E-state index contributed by atoms with van der Waals surface area (Å²) >= 11 is 3.52. The highest BCUT2D eigenvalue weighted by atomic mass is 79.9. The molecule has 2 rings (SSSR count). The van der Waals surface area contributed by atoms with Gasteiger partial charge in [-0.15, -0.1) is 0 Å². The van der Waals surface area contributed by atoms with Gasteiger partial charge in [0.05, 0.1) is 16.4 Å². The van der Waals surface area contributed by atoms with Gasteiger partial charge in [0.1, 0.15) is 5.60 Å². The van der Waals surface area contributed by atoms with Crippen molar-refractivity contribution in [1.29, 1.82) is 0 Å². The van der Waals surface area contributed by atoms with E-state index < -0.39 is 5.60 Å². The Labute approximate surface area is 124 Å². The summed E-state index contributed by atoms with van der Waals surface area (Å²) in [7, 11) is 1.91. The molecule has 2 atom stereocenters. The minimum absolute atomic E-state index is 0.328. The molecular weight excluding hydrogens is 304 g/mol. The molecule has 4 heteroatoms. The van der Waals surface area contributed by atoms with Gasteiger partial charge in [0.2, 0.25) is 0 Å². The van der Waals surface area contributed by atoms with Gasteiger partial charge >= 0.3 is 0 Å². The lowest BCUT2D eigenvalue weighted by Crippen LogP contribution is -2.29. The summed E-state index contributed by atoms with van der Waals surface area (Å²) in [5.41, 5.74) is 0.529. The number of aryl methyl sites for hydroxylation is 1. The zero-order valence-electron chi connectivity index (χ0n) is 12.4. The highest BCUT2D eigenvalue weighted by molar-refractivity contribution is 9.10. The zero-order valence-corrected chi connectivity index (χ0v) is 14.0.